The highest BCUT2D eigenvalue weighted by molar-refractivity contribution is 7.99. The highest BCUT2D eigenvalue weighted by atomic mass is 32.2. The molecule has 2 unspecified atom stereocenters. The number of aliphatic hydroxyl groups excluding tert-OH is 1. The minimum atomic E-state index is -0.643. The molecule has 1 aromatic rings. The van der Waals surface area contributed by atoms with Crippen LogP contribution >= 0.6 is 11.8 Å². The van der Waals surface area contributed by atoms with Crippen LogP contribution < -0.4 is 5.32 Å². The first-order chi connectivity index (χ1) is 9.18. The van der Waals surface area contributed by atoms with Gasteiger partial charge in [-0.1, -0.05) is 44.2 Å². The minimum absolute atomic E-state index is 0.194. The summed E-state index contributed by atoms with van der Waals surface area (Å²) in [6.45, 7) is 4.96. The zero-order valence-corrected chi connectivity index (χ0v) is 12.4. The number of nitrogens with one attached hydrogen (secondary N) is 1. The van der Waals surface area contributed by atoms with Crippen molar-refractivity contribution in [3.8, 4) is 6.07 Å². The molecule has 0 saturated carbocycles. The van der Waals surface area contributed by atoms with Crippen molar-refractivity contribution in [3.05, 3.63) is 35.9 Å². The molecule has 0 saturated heterocycles. The Labute approximate surface area is 120 Å². The third kappa shape index (κ3) is 4.54. The average molecular weight is 278 g/mol. The lowest BCUT2D eigenvalue weighted by molar-refractivity contribution is 0.250. The summed E-state index contributed by atoms with van der Waals surface area (Å²) in [6.07, 6.45) is 0. The fourth-order valence-electron chi connectivity index (χ4n) is 1.86. The first-order valence-corrected chi connectivity index (χ1v) is 7.74. The summed E-state index contributed by atoms with van der Waals surface area (Å²) >= 11 is 1.71. The molecule has 0 fully saturated rings. The van der Waals surface area contributed by atoms with Crippen molar-refractivity contribution in [2.45, 2.75) is 19.4 Å². The Balaban J connectivity index is 2.79. The van der Waals surface area contributed by atoms with Gasteiger partial charge in [-0.2, -0.15) is 17.0 Å². The van der Waals surface area contributed by atoms with Crippen molar-refractivity contribution in [2.24, 2.45) is 5.92 Å². The number of nitrogens with zero attached hydrogens (tertiary/aromatic N) is 1. The van der Waals surface area contributed by atoms with Crippen molar-refractivity contribution in [1.82, 2.24) is 5.32 Å². The molecule has 0 aliphatic rings. The second kappa shape index (κ2) is 8.21. The Morgan fingerprint density at radius 1 is 1.42 bits per heavy atom. The fraction of sp³-hybridized carbons (Fsp3) is 0.533. The van der Waals surface area contributed by atoms with Crippen molar-refractivity contribution in [3.63, 3.8) is 0 Å². The van der Waals surface area contributed by atoms with Gasteiger partial charge in [0.1, 0.15) is 5.54 Å². The van der Waals surface area contributed by atoms with Crippen molar-refractivity contribution >= 4 is 11.8 Å². The Morgan fingerprint density at radius 2 is 2.11 bits per heavy atom. The van der Waals surface area contributed by atoms with Crippen LogP contribution in [0, 0.1) is 17.2 Å². The number of rotatable bonds is 8. The lowest BCUT2D eigenvalue weighted by Gasteiger charge is -2.28. The highest BCUT2D eigenvalue weighted by Crippen LogP contribution is 2.26. The SMILES string of the molecule is CCNC(C#N)(CSCC(C)CO)c1ccccc1. The largest absolute Gasteiger partial charge is 0.396 e. The van der Waals surface area contributed by atoms with Crippen LogP contribution in [0.3, 0.4) is 0 Å². The molecule has 104 valence electrons. The second-order valence-corrected chi connectivity index (χ2v) is 5.75. The minimum Gasteiger partial charge on any atom is -0.396 e. The van der Waals surface area contributed by atoms with E-state index in [0.717, 1.165) is 17.9 Å². The molecule has 0 spiro atoms. The maximum absolute atomic E-state index is 9.61. The zero-order valence-electron chi connectivity index (χ0n) is 11.6. The summed E-state index contributed by atoms with van der Waals surface area (Å²) in [5.74, 6) is 1.81. The molecule has 0 radical (unpaired) electrons. The van der Waals surface area contributed by atoms with Crippen LogP contribution in [0.2, 0.25) is 0 Å². The maximum atomic E-state index is 9.61. The van der Waals surface area contributed by atoms with Gasteiger partial charge < -0.3 is 5.11 Å². The first kappa shape index (κ1) is 16.0. The molecule has 0 amide bonds. The number of benzene rings is 1. The molecule has 4 heteroatoms. The van der Waals surface area contributed by atoms with E-state index in [1.807, 2.05) is 44.2 Å². The van der Waals surface area contributed by atoms with Gasteiger partial charge in [-0.05, 0) is 23.8 Å². The second-order valence-electron chi connectivity index (χ2n) is 4.72. The lowest BCUT2D eigenvalue weighted by Crippen LogP contribution is -2.43. The van der Waals surface area contributed by atoms with Gasteiger partial charge >= 0.3 is 0 Å². The average Bonchev–Trinajstić information content (AvgIpc) is 2.47. The van der Waals surface area contributed by atoms with E-state index in [9.17, 15) is 5.26 Å². The predicted molar refractivity (Wildman–Crippen MR) is 81.0 cm³/mol. The van der Waals surface area contributed by atoms with Crippen LogP contribution in [0.25, 0.3) is 0 Å². The Hall–Kier alpha value is -1.02. The summed E-state index contributed by atoms with van der Waals surface area (Å²) in [4.78, 5) is 0. The van der Waals surface area contributed by atoms with E-state index in [4.69, 9.17) is 5.11 Å². The normalized spacial score (nSPS) is 15.5. The molecule has 2 N–H and O–H groups in total. The summed E-state index contributed by atoms with van der Waals surface area (Å²) in [7, 11) is 0. The fourth-order valence-corrected chi connectivity index (χ4v) is 3.13. The van der Waals surface area contributed by atoms with E-state index < -0.39 is 5.54 Å². The molecule has 0 aliphatic carbocycles. The molecule has 0 bridgehead atoms. The quantitative estimate of drug-likeness (QED) is 0.766. The van der Waals surface area contributed by atoms with Gasteiger partial charge in [0, 0.05) is 12.4 Å². The summed E-state index contributed by atoms with van der Waals surface area (Å²) in [5, 5.41) is 22.0. The highest BCUT2D eigenvalue weighted by Gasteiger charge is 2.31. The third-order valence-corrected chi connectivity index (χ3v) is 4.41. The van der Waals surface area contributed by atoms with E-state index in [-0.39, 0.29) is 12.5 Å². The molecule has 19 heavy (non-hydrogen) atoms. The number of thioether (sulfide) groups is 1. The predicted octanol–water partition coefficient (Wildman–Crippen LogP) is 2.38. The molecule has 3 nitrogen and oxygen atoms in total. The van der Waals surface area contributed by atoms with E-state index in [2.05, 4.69) is 11.4 Å². The molecular formula is C15H22N2OS. The van der Waals surface area contributed by atoms with Crippen LogP contribution in [-0.2, 0) is 5.54 Å². The standard InChI is InChI=1S/C15H22N2OS/c1-3-17-15(11-16,12-19-10-13(2)9-18)14-7-5-4-6-8-14/h4-8,13,17-18H,3,9-10,12H2,1-2H3. The molecule has 1 rings (SSSR count). The van der Waals surface area contributed by atoms with Gasteiger partial charge in [-0.25, -0.2) is 0 Å². The van der Waals surface area contributed by atoms with Crippen LogP contribution in [0.5, 0.6) is 0 Å². The van der Waals surface area contributed by atoms with Gasteiger partial charge in [0.15, 0.2) is 0 Å². The smallest absolute Gasteiger partial charge is 0.141 e. The monoisotopic (exact) mass is 278 g/mol. The summed E-state index contributed by atoms with van der Waals surface area (Å²) < 4.78 is 0. The van der Waals surface area contributed by atoms with Gasteiger partial charge in [0.2, 0.25) is 0 Å². The molecule has 2 atom stereocenters. The van der Waals surface area contributed by atoms with Crippen molar-refractivity contribution in [2.75, 3.05) is 24.7 Å². The Bertz CT molecular complexity index is 404. The molecule has 0 heterocycles. The molecule has 0 aliphatic heterocycles. The number of hydrogen-bond donors (Lipinski definition) is 2. The topological polar surface area (TPSA) is 56.0 Å². The van der Waals surface area contributed by atoms with E-state index in [0.29, 0.717) is 5.75 Å². The van der Waals surface area contributed by atoms with Crippen molar-refractivity contribution < 1.29 is 5.11 Å². The summed E-state index contributed by atoms with van der Waals surface area (Å²) in [5.41, 5.74) is 0.360. The Kier molecular flexibility index (Phi) is 6.93. The third-order valence-electron chi connectivity index (χ3n) is 2.97. The lowest BCUT2D eigenvalue weighted by atomic mass is 9.93. The van der Waals surface area contributed by atoms with Crippen LogP contribution in [0.4, 0.5) is 0 Å². The zero-order chi connectivity index (χ0) is 14.1. The van der Waals surface area contributed by atoms with Crippen LogP contribution in [-0.4, -0.2) is 29.8 Å². The van der Waals surface area contributed by atoms with Gasteiger partial charge in [0.05, 0.1) is 6.07 Å². The van der Waals surface area contributed by atoms with E-state index in [1.54, 1.807) is 11.8 Å². The van der Waals surface area contributed by atoms with Gasteiger partial charge in [-0.3, -0.25) is 5.32 Å². The summed E-state index contributed by atoms with van der Waals surface area (Å²) in [6, 6.07) is 12.3. The Morgan fingerprint density at radius 3 is 2.63 bits per heavy atom. The van der Waals surface area contributed by atoms with E-state index >= 15 is 0 Å². The number of nitriles is 1. The molecule has 1 aromatic carbocycles. The van der Waals surface area contributed by atoms with Crippen molar-refractivity contribution in [1.29, 1.82) is 5.26 Å². The number of hydrogen-bond acceptors (Lipinski definition) is 4. The van der Waals surface area contributed by atoms with Crippen LogP contribution in [0.15, 0.2) is 30.3 Å². The van der Waals surface area contributed by atoms with Crippen LogP contribution in [0.1, 0.15) is 19.4 Å². The molecular weight excluding hydrogens is 256 g/mol. The maximum Gasteiger partial charge on any atom is 0.141 e. The molecule has 0 aromatic heterocycles. The van der Waals surface area contributed by atoms with E-state index in [1.165, 1.54) is 0 Å². The number of aliphatic hydroxyl groups is 1. The first-order valence-electron chi connectivity index (χ1n) is 6.59. The van der Waals surface area contributed by atoms with Gasteiger partial charge in [0.25, 0.3) is 0 Å². The van der Waals surface area contributed by atoms with Gasteiger partial charge in [-0.15, -0.1) is 0 Å².